The molecule has 0 spiro atoms. The predicted octanol–water partition coefficient (Wildman–Crippen LogP) is 5.93. The minimum Gasteiger partial charge on any atom is -0.338 e. The zero-order chi connectivity index (χ0) is 32.7. The van der Waals surface area contributed by atoms with Gasteiger partial charge in [-0.3, -0.25) is 9.59 Å². The first-order chi connectivity index (χ1) is 23.4. The van der Waals surface area contributed by atoms with Gasteiger partial charge >= 0.3 is 0 Å². The van der Waals surface area contributed by atoms with Crippen molar-refractivity contribution in [2.24, 2.45) is 23.5 Å². The van der Waals surface area contributed by atoms with Crippen LogP contribution in [0.15, 0.2) is 66.7 Å². The van der Waals surface area contributed by atoms with Crippen molar-refractivity contribution in [2.45, 2.75) is 50.9 Å². The maximum atomic E-state index is 13.8. The molecule has 4 aliphatic rings. The van der Waals surface area contributed by atoms with Crippen molar-refractivity contribution in [1.82, 2.24) is 23.9 Å². The van der Waals surface area contributed by atoms with Gasteiger partial charge in [0.05, 0.1) is 33.4 Å². The van der Waals surface area contributed by atoms with Crippen LogP contribution in [0.2, 0.25) is 5.02 Å². The Labute approximate surface area is 283 Å². The van der Waals surface area contributed by atoms with Gasteiger partial charge in [-0.2, -0.15) is 5.26 Å². The lowest BCUT2D eigenvalue weighted by molar-refractivity contribution is 0.0471. The first kappa shape index (κ1) is 29.5. The minimum absolute atomic E-state index is 0.0312. The monoisotopic (exact) mass is 657 g/mol. The van der Waals surface area contributed by atoms with Gasteiger partial charge in [0, 0.05) is 72.8 Å². The summed E-state index contributed by atoms with van der Waals surface area (Å²) < 4.78 is 4.61. The SMILES string of the molecule is N#Cc1ccc(C(=O)N2CC(Cn3c(-c4cc5ccccc5n4CC4CC4)nc4cc(C(=O)N5CC6CCC5[C@@H]6N)cc(Cl)c43)C2)cc1. The number of carbonyl (C=O) groups excluding carboxylic acids is 2. The summed E-state index contributed by atoms with van der Waals surface area (Å²) in [7, 11) is 0. The average molecular weight is 658 g/mol. The summed E-state index contributed by atoms with van der Waals surface area (Å²) in [6.07, 6.45) is 4.49. The second kappa shape index (κ2) is 11.2. The number of amides is 2. The van der Waals surface area contributed by atoms with E-state index in [9.17, 15) is 9.59 Å². The number of likely N-dealkylation sites (tertiary alicyclic amines) is 2. The van der Waals surface area contributed by atoms with Gasteiger partial charge in [-0.25, -0.2) is 4.98 Å². The third-order valence-electron chi connectivity index (χ3n) is 11.1. The number of rotatable bonds is 7. The molecular formula is C38H36ClN7O2. The number of imidazole rings is 1. The zero-order valence-electron chi connectivity index (χ0n) is 26.6. The Morgan fingerprint density at radius 2 is 1.65 bits per heavy atom. The Kier molecular flexibility index (Phi) is 6.89. The van der Waals surface area contributed by atoms with Gasteiger partial charge < -0.3 is 24.7 Å². The molecule has 2 aromatic heterocycles. The number of nitrogens with two attached hydrogens (primary N) is 1. The van der Waals surface area contributed by atoms with E-state index in [4.69, 9.17) is 27.6 Å². The maximum Gasteiger partial charge on any atom is 0.254 e. The van der Waals surface area contributed by atoms with Crippen molar-refractivity contribution in [1.29, 1.82) is 5.26 Å². The van der Waals surface area contributed by atoms with Crippen LogP contribution in [0.4, 0.5) is 0 Å². The number of hydrogen-bond acceptors (Lipinski definition) is 5. The summed E-state index contributed by atoms with van der Waals surface area (Å²) in [4.78, 5) is 36.1. The van der Waals surface area contributed by atoms with Gasteiger partial charge in [-0.05, 0) is 86.1 Å². The number of fused-ring (bicyclic) bond motifs is 4. The predicted molar refractivity (Wildman–Crippen MR) is 184 cm³/mol. The van der Waals surface area contributed by atoms with E-state index < -0.39 is 0 Å². The highest BCUT2D eigenvalue weighted by atomic mass is 35.5. The lowest BCUT2D eigenvalue weighted by atomic mass is 9.98. The van der Waals surface area contributed by atoms with Crippen molar-refractivity contribution < 1.29 is 9.59 Å². The molecule has 2 unspecified atom stereocenters. The van der Waals surface area contributed by atoms with E-state index in [1.165, 1.54) is 18.4 Å². The standard InChI is InChI=1S/C38H36ClN7O2/c39-29-13-28(38(48)45-21-27-11-12-32(45)34(27)41)14-30-35(29)46(20-24-17-43(18-24)37(47)25-9-7-22(16-40)8-10-25)36(42-30)33-15-26-3-1-2-4-31(26)44(33)19-23-5-6-23/h1-4,7-10,13-15,23-24,27,32,34H,5-6,11-12,17-21,41H2/t27?,32?,34-/m1/s1. The van der Waals surface area contributed by atoms with E-state index in [2.05, 4.69) is 45.5 Å². The highest BCUT2D eigenvalue weighted by Gasteiger charge is 2.47. The number of benzene rings is 3. The van der Waals surface area contributed by atoms with E-state index in [-0.39, 0.29) is 29.8 Å². The number of carbonyl (C=O) groups is 2. The van der Waals surface area contributed by atoms with E-state index in [1.54, 1.807) is 30.3 Å². The molecule has 10 heteroatoms. The Morgan fingerprint density at radius 3 is 2.35 bits per heavy atom. The van der Waals surface area contributed by atoms with Crippen LogP contribution in [0.25, 0.3) is 33.5 Å². The lowest BCUT2D eigenvalue weighted by Gasteiger charge is -2.39. The van der Waals surface area contributed by atoms with Gasteiger partial charge in [0.2, 0.25) is 0 Å². The second-order valence-electron chi connectivity index (χ2n) is 14.2. The number of nitrogens with zero attached hydrogens (tertiary/aromatic N) is 6. The molecule has 2 saturated carbocycles. The van der Waals surface area contributed by atoms with Crippen LogP contribution in [0.3, 0.4) is 0 Å². The molecule has 2 N–H and O–H groups in total. The fourth-order valence-electron chi connectivity index (χ4n) is 8.29. The molecule has 9 rings (SSSR count). The van der Waals surface area contributed by atoms with Crippen LogP contribution < -0.4 is 5.73 Å². The lowest BCUT2D eigenvalue weighted by Crippen LogP contribution is -2.51. The number of para-hydroxylation sites is 1. The van der Waals surface area contributed by atoms with Crippen molar-refractivity contribution in [2.75, 3.05) is 19.6 Å². The summed E-state index contributed by atoms with van der Waals surface area (Å²) in [5.74, 6) is 1.98. The number of aromatic nitrogens is 3. The normalized spacial score (nSPS) is 22.1. The minimum atomic E-state index is -0.0347. The number of piperidine rings is 1. The van der Waals surface area contributed by atoms with Gasteiger partial charge in [-0.15, -0.1) is 0 Å². The molecular weight excluding hydrogens is 622 g/mol. The van der Waals surface area contributed by atoms with Crippen molar-refractivity contribution in [3.63, 3.8) is 0 Å². The van der Waals surface area contributed by atoms with E-state index in [0.29, 0.717) is 65.2 Å². The Bertz CT molecular complexity index is 2150. The molecule has 242 valence electrons. The molecule has 3 aromatic carbocycles. The molecule has 2 aliphatic carbocycles. The summed E-state index contributed by atoms with van der Waals surface area (Å²) in [6, 6.07) is 23.4. The van der Waals surface area contributed by atoms with Crippen molar-refractivity contribution in [3.05, 3.63) is 88.4 Å². The molecule has 2 saturated heterocycles. The molecule has 2 aliphatic heterocycles. The van der Waals surface area contributed by atoms with Gasteiger partial charge in [0.15, 0.2) is 5.82 Å². The summed E-state index contributed by atoms with van der Waals surface area (Å²) in [5, 5.41) is 10.8. The van der Waals surface area contributed by atoms with Crippen LogP contribution in [-0.4, -0.2) is 67.5 Å². The largest absolute Gasteiger partial charge is 0.338 e. The molecule has 2 amide bonds. The number of nitriles is 1. The summed E-state index contributed by atoms with van der Waals surface area (Å²) in [5.41, 5.74) is 11.8. The van der Waals surface area contributed by atoms with Crippen LogP contribution in [0.5, 0.6) is 0 Å². The van der Waals surface area contributed by atoms with Crippen LogP contribution in [0.1, 0.15) is 52.0 Å². The third-order valence-corrected chi connectivity index (χ3v) is 11.4. The molecule has 4 fully saturated rings. The highest BCUT2D eigenvalue weighted by Crippen LogP contribution is 2.40. The van der Waals surface area contributed by atoms with E-state index >= 15 is 0 Å². The van der Waals surface area contributed by atoms with E-state index in [0.717, 1.165) is 41.8 Å². The fourth-order valence-corrected chi connectivity index (χ4v) is 8.61. The van der Waals surface area contributed by atoms with Crippen LogP contribution in [0, 0.1) is 29.1 Å². The van der Waals surface area contributed by atoms with Crippen LogP contribution in [-0.2, 0) is 13.1 Å². The molecule has 4 heterocycles. The molecule has 2 bridgehead atoms. The molecule has 5 aromatic rings. The van der Waals surface area contributed by atoms with Crippen molar-refractivity contribution >= 4 is 45.4 Å². The third kappa shape index (κ3) is 4.81. The average Bonchev–Trinajstić information content (AvgIpc) is 3.43. The van der Waals surface area contributed by atoms with Gasteiger partial charge in [0.25, 0.3) is 11.8 Å². The molecule has 3 atom stereocenters. The molecule has 9 nitrogen and oxygen atoms in total. The molecule has 48 heavy (non-hydrogen) atoms. The Balaban J connectivity index is 1.09. The smallest absolute Gasteiger partial charge is 0.254 e. The van der Waals surface area contributed by atoms with Gasteiger partial charge in [-0.1, -0.05) is 29.8 Å². The number of halogens is 1. The maximum absolute atomic E-state index is 13.8. The first-order valence-corrected chi connectivity index (χ1v) is 17.4. The Hall–Kier alpha value is -4.65. The summed E-state index contributed by atoms with van der Waals surface area (Å²) in [6.45, 7) is 3.47. The van der Waals surface area contributed by atoms with Crippen molar-refractivity contribution in [3.8, 4) is 17.6 Å². The second-order valence-corrected chi connectivity index (χ2v) is 14.6. The topological polar surface area (TPSA) is 113 Å². The number of hydrogen-bond donors (Lipinski definition) is 1. The quantitative estimate of drug-likeness (QED) is 0.233. The first-order valence-electron chi connectivity index (χ1n) is 17.0. The van der Waals surface area contributed by atoms with Gasteiger partial charge in [0.1, 0.15) is 0 Å². The Morgan fingerprint density at radius 1 is 0.875 bits per heavy atom. The van der Waals surface area contributed by atoms with Crippen LogP contribution >= 0.6 is 11.6 Å². The summed E-state index contributed by atoms with van der Waals surface area (Å²) >= 11 is 7.12. The molecule has 0 radical (unpaired) electrons. The highest BCUT2D eigenvalue weighted by molar-refractivity contribution is 6.35. The van der Waals surface area contributed by atoms with E-state index in [1.807, 2.05) is 15.9 Å². The fraction of sp³-hybridized carbons (Fsp3) is 0.368. The zero-order valence-corrected chi connectivity index (χ0v) is 27.3.